The Balaban J connectivity index is 0.000000384. The van der Waals surface area contributed by atoms with Crippen LogP contribution in [0.5, 0.6) is 11.5 Å². The fourth-order valence-electron chi connectivity index (χ4n) is 3.69. The Morgan fingerprint density at radius 2 is 2.00 bits per heavy atom. The maximum absolute atomic E-state index is 12.9. The van der Waals surface area contributed by atoms with E-state index in [9.17, 15) is 18.0 Å². The summed E-state index contributed by atoms with van der Waals surface area (Å²) in [6, 6.07) is 9.21. The van der Waals surface area contributed by atoms with Crippen LogP contribution < -0.4 is 15.0 Å². The second kappa shape index (κ2) is 9.90. The van der Waals surface area contributed by atoms with E-state index in [2.05, 4.69) is 15.2 Å². The molecule has 0 fully saturated rings. The van der Waals surface area contributed by atoms with Gasteiger partial charge in [-0.3, -0.25) is 9.89 Å². The summed E-state index contributed by atoms with van der Waals surface area (Å²) in [4.78, 5) is 29.5. The Labute approximate surface area is 205 Å². The van der Waals surface area contributed by atoms with E-state index in [1.165, 1.54) is 0 Å². The first-order chi connectivity index (χ1) is 17.1. The van der Waals surface area contributed by atoms with Crippen molar-refractivity contribution in [3.8, 4) is 22.6 Å². The van der Waals surface area contributed by atoms with Crippen LogP contribution in [0.1, 0.15) is 17.3 Å². The van der Waals surface area contributed by atoms with Crippen LogP contribution in [-0.4, -0.2) is 51.1 Å². The molecule has 2 aromatic heterocycles. The number of hydrogen-bond donors (Lipinski definition) is 3. The van der Waals surface area contributed by atoms with Gasteiger partial charge in [0.2, 0.25) is 0 Å². The zero-order valence-corrected chi connectivity index (χ0v) is 19.3. The lowest BCUT2D eigenvalue weighted by molar-refractivity contribution is -0.192. The van der Waals surface area contributed by atoms with Crippen molar-refractivity contribution in [1.29, 1.82) is 0 Å². The van der Waals surface area contributed by atoms with Crippen molar-refractivity contribution < 1.29 is 32.5 Å². The van der Waals surface area contributed by atoms with Crippen LogP contribution >= 0.6 is 11.6 Å². The average Bonchev–Trinajstić information content (AvgIpc) is 3.38. The zero-order chi connectivity index (χ0) is 26.0. The van der Waals surface area contributed by atoms with Crippen LogP contribution in [0.3, 0.4) is 0 Å². The molecular weight excluding hydrogens is 505 g/mol. The largest absolute Gasteiger partial charge is 0.494 e. The number of alkyl halides is 3. The molecule has 3 heterocycles. The first kappa shape index (κ1) is 25.0. The van der Waals surface area contributed by atoms with Crippen LogP contribution in [-0.2, 0) is 11.2 Å². The SMILES string of the molecule is COc1cc(-c2cn[nH]c2)cc2c(=O)[nH]c(C3COc4ccc(Cl)cc4C3)nc12.O=C(O)C(F)(F)F. The van der Waals surface area contributed by atoms with Crippen LogP contribution in [0, 0.1) is 0 Å². The van der Waals surface area contributed by atoms with Crippen molar-refractivity contribution >= 4 is 28.5 Å². The van der Waals surface area contributed by atoms with E-state index in [0.29, 0.717) is 40.5 Å². The molecule has 2 aromatic carbocycles. The summed E-state index contributed by atoms with van der Waals surface area (Å²) in [5.41, 5.74) is 3.00. The second-order valence-corrected chi connectivity index (χ2v) is 8.22. The topological polar surface area (TPSA) is 130 Å². The van der Waals surface area contributed by atoms with Gasteiger partial charge < -0.3 is 19.6 Å². The molecule has 0 saturated carbocycles. The summed E-state index contributed by atoms with van der Waals surface area (Å²) < 4.78 is 43.1. The molecule has 3 N–H and O–H groups in total. The van der Waals surface area contributed by atoms with Crippen LogP contribution in [0.25, 0.3) is 22.0 Å². The molecule has 5 rings (SSSR count). The normalized spacial score (nSPS) is 14.9. The first-order valence-corrected chi connectivity index (χ1v) is 10.8. The molecule has 1 atom stereocenters. The van der Waals surface area contributed by atoms with Crippen molar-refractivity contribution in [2.45, 2.75) is 18.5 Å². The number of ether oxygens (including phenoxy) is 2. The predicted molar refractivity (Wildman–Crippen MR) is 124 cm³/mol. The van der Waals surface area contributed by atoms with Crippen LogP contribution in [0.2, 0.25) is 5.02 Å². The number of fused-ring (bicyclic) bond motifs is 2. The molecule has 0 bridgehead atoms. The number of H-pyrrole nitrogens is 2. The molecule has 13 heteroatoms. The standard InChI is InChI=1S/C21H17ClN4O3.C2HF3O2/c1-28-18-7-11(14-8-23-24-9-14)6-16-19(18)25-20(26-21(16)27)13-4-12-5-15(22)2-3-17(12)29-10-13;3-2(4,5)1(6)7/h2-3,5-9,13H,4,10H2,1H3,(H,23,24)(H,25,26,27);(H,6,7). The van der Waals surface area contributed by atoms with E-state index in [1.54, 1.807) is 31.6 Å². The highest BCUT2D eigenvalue weighted by Crippen LogP contribution is 2.34. The molecule has 0 radical (unpaired) electrons. The van der Waals surface area contributed by atoms with Gasteiger partial charge in [0.25, 0.3) is 5.56 Å². The molecule has 0 amide bonds. The van der Waals surface area contributed by atoms with E-state index in [4.69, 9.17) is 36.0 Å². The number of halogens is 4. The number of hydrogen-bond acceptors (Lipinski definition) is 6. The number of aromatic nitrogens is 4. The fraction of sp³-hybridized carbons (Fsp3) is 0.217. The van der Waals surface area contributed by atoms with Gasteiger partial charge in [-0.25, -0.2) is 9.78 Å². The van der Waals surface area contributed by atoms with Gasteiger partial charge in [0, 0.05) is 16.8 Å². The summed E-state index contributed by atoms with van der Waals surface area (Å²) in [6.07, 6.45) is -0.948. The smallest absolute Gasteiger partial charge is 0.490 e. The number of benzene rings is 2. The Bertz CT molecular complexity index is 1470. The number of aliphatic carboxylic acids is 1. The van der Waals surface area contributed by atoms with Crippen LogP contribution in [0.4, 0.5) is 13.2 Å². The predicted octanol–water partition coefficient (Wildman–Crippen LogP) is 4.33. The van der Waals surface area contributed by atoms with Gasteiger partial charge in [0.05, 0.1) is 31.2 Å². The van der Waals surface area contributed by atoms with Gasteiger partial charge in [-0.15, -0.1) is 0 Å². The molecule has 1 aliphatic rings. The number of carboxylic acid groups (broad SMARTS) is 1. The van der Waals surface area contributed by atoms with Crippen molar-refractivity contribution in [3.63, 3.8) is 0 Å². The average molecular weight is 523 g/mol. The van der Waals surface area contributed by atoms with E-state index in [1.807, 2.05) is 18.2 Å². The number of nitrogens with one attached hydrogen (secondary N) is 2. The highest BCUT2D eigenvalue weighted by Gasteiger charge is 2.38. The maximum Gasteiger partial charge on any atom is 0.490 e. The van der Waals surface area contributed by atoms with E-state index in [-0.39, 0.29) is 11.5 Å². The quantitative estimate of drug-likeness (QED) is 0.365. The summed E-state index contributed by atoms with van der Waals surface area (Å²) >= 11 is 6.12. The molecule has 4 aromatic rings. The van der Waals surface area contributed by atoms with Gasteiger partial charge >= 0.3 is 12.1 Å². The van der Waals surface area contributed by atoms with Crippen LogP contribution in [0.15, 0.2) is 47.5 Å². The van der Waals surface area contributed by atoms with Crippen molar-refractivity contribution in [2.75, 3.05) is 13.7 Å². The minimum absolute atomic E-state index is 0.0867. The Hall–Kier alpha value is -4.06. The molecule has 1 aliphatic heterocycles. The number of carboxylic acids is 1. The summed E-state index contributed by atoms with van der Waals surface area (Å²) in [5, 5.41) is 15.0. The fourth-order valence-corrected chi connectivity index (χ4v) is 3.89. The molecule has 36 heavy (non-hydrogen) atoms. The monoisotopic (exact) mass is 522 g/mol. The van der Waals surface area contributed by atoms with Gasteiger partial charge in [0.15, 0.2) is 0 Å². The minimum atomic E-state index is -5.08. The number of aromatic amines is 2. The van der Waals surface area contributed by atoms with E-state index in [0.717, 1.165) is 22.4 Å². The third-order valence-corrected chi connectivity index (χ3v) is 5.64. The first-order valence-electron chi connectivity index (χ1n) is 10.4. The van der Waals surface area contributed by atoms with Crippen molar-refractivity contribution in [2.24, 2.45) is 0 Å². The third kappa shape index (κ3) is 5.28. The minimum Gasteiger partial charge on any atom is -0.494 e. The maximum atomic E-state index is 12.9. The molecule has 0 saturated heterocycles. The van der Waals surface area contributed by atoms with Crippen molar-refractivity contribution in [1.82, 2.24) is 20.2 Å². The number of rotatable bonds is 3. The van der Waals surface area contributed by atoms with Gasteiger partial charge in [-0.2, -0.15) is 18.3 Å². The van der Waals surface area contributed by atoms with E-state index < -0.39 is 12.1 Å². The highest BCUT2D eigenvalue weighted by molar-refractivity contribution is 6.30. The number of methoxy groups -OCH3 is 1. The molecular formula is C23H18ClF3N4O5. The molecule has 9 nitrogen and oxygen atoms in total. The zero-order valence-electron chi connectivity index (χ0n) is 18.5. The van der Waals surface area contributed by atoms with Gasteiger partial charge in [-0.1, -0.05) is 11.6 Å². The lowest BCUT2D eigenvalue weighted by Crippen LogP contribution is -2.24. The van der Waals surface area contributed by atoms with E-state index >= 15 is 0 Å². The Morgan fingerprint density at radius 1 is 1.25 bits per heavy atom. The summed E-state index contributed by atoms with van der Waals surface area (Å²) in [5.74, 6) is -0.923. The van der Waals surface area contributed by atoms with Gasteiger partial charge in [0.1, 0.15) is 22.8 Å². The molecule has 1 unspecified atom stereocenters. The second-order valence-electron chi connectivity index (χ2n) is 7.78. The van der Waals surface area contributed by atoms with Crippen molar-refractivity contribution in [3.05, 3.63) is 69.5 Å². The Morgan fingerprint density at radius 3 is 2.64 bits per heavy atom. The Kier molecular flexibility index (Phi) is 6.88. The molecule has 188 valence electrons. The highest BCUT2D eigenvalue weighted by atomic mass is 35.5. The molecule has 0 aliphatic carbocycles. The molecule has 0 spiro atoms. The number of nitrogens with zero attached hydrogens (tertiary/aromatic N) is 2. The lowest BCUT2D eigenvalue weighted by atomic mass is 9.95. The number of carbonyl (C=O) groups is 1. The van der Waals surface area contributed by atoms with Gasteiger partial charge in [-0.05, 0) is 47.9 Å². The third-order valence-electron chi connectivity index (χ3n) is 5.40. The lowest BCUT2D eigenvalue weighted by Gasteiger charge is -2.25. The summed E-state index contributed by atoms with van der Waals surface area (Å²) in [6.45, 7) is 0.429. The summed E-state index contributed by atoms with van der Waals surface area (Å²) in [7, 11) is 1.57.